The third kappa shape index (κ3) is 6.22. The average Bonchev–Trinajstić information content (AvgIpc) is 3.27. The van der Waals surface area contributed by atoms with Crippen LogP contribution in [0.3, 0.4) is 0 Å². The van der Waals surface area contributed by atoms with Gasteiger partial charge in [0.05, 0.1) is 18.5 Å². The molecule has 1 aromatic carbocycles. The molecule has 3 unspecified atom stereocenters. The van der Waals surface area contributed by atoms with E-state index in [0.717, 1.165) is 16.7 Å². The Hall–Kier alpha value is -2.67. The van der Waals surface area contributed by atoms with Crippen LogP contribution < -0.4 is 10.1 Å². The first-order chi connectivity index (χ1) is 15.8. The maximum Gasteiger partial charge on any atom is 0.354 e. The molecule has 2 heterocycles. The molecule has 3 rings (SSSR count). The maximum absolute atomic E-state index is 12.5. The van der Waals surface area contributed by atoms with Crippen molar-refractivity contribution in [2.24, 2.45) is 0 Å². The van der Waals surface area contributed by atoms with Gasteiger partial charge in [-0.05, 0) is 25.0 Å². The molecule has 33 heavy (non-hydrogen) atoms. The predicted octanol–water partition coefficient (Wildman–Crippen LogP) is -0.382. The molecule has 5 atom stereocenters. The molecule has 3 N–H and O–H groups in total. The fourth-order valence-corrected chi connectivity index (χ4v) is 4.84. The molecule has 2 amide bonds. The Morgan fingerprint density at radius 2 is 2.00 bits per heavy atom. The number of carbonyl (C=O) groups excluding carboxylic acids is 3. The first kappa shape index (κ1) is 25.0. The number of Topliss-reactive ketones (excluding diaryl/α,β-unsaturated/α-hetero) is 1. The van der Waals surface area contributed by atoms with Crippen LogP contribution in [0.25, 0.3) is 0 Å². The number of rotatable bonds is 12. The van der Waals surface area contributed by atoms with Crippen molar-refractivity contribution in [1.29, 1.82) is 0 Å². The van der Waals surface area contributed by atoms with E-state index in [4.69, 9.17) is 19.3 Å². The SMILES string of the molecule is COCC1CCC(C(=O)CS[C@@H]2[C@H](NC(=O)COc3ccccc3)C(=O)N2C(O)C(=O)O)O1. The number of ketones is 1. The number of carboxylic acid groups (broad SMARTS) is 1. The summed E-state index contributed by atoms with van der Waals surface area (Å²) in [6.07, 6.45) is -1.65. The number of thioether (sulfide) groups is 1. The lowest BCUT2D eigenvalue weighted by molar-refractivity contribution is -0.178. The molecule has 2 aliphatic heterocycles. The smallest absolute Gasteiger partial charge is 0.354 e. The largest absolute Gasteiger partial charge is 0.484 e. The zero-order valence-corrected chi connectivity index (χ0v) is 18.7. The zero-order chi connectivity index (χ0) is 24.0. The van der Waals surface area contributed by atoms with Crippen molar-refractivity contribution in [2.75, 3.05) is 26.1 Å². The Balaban J connectivity index is 1.57. The van der Waals surface area contributed by atoms with Crippen molar-refractivity contribution in [3.05, 3.63) is 30.3 Å². The van der Waals surface area contributed by atoms with Gasteiger partial charge in [0.15, 0.2) is 12.4 Å². The van der Waals surface area contributed by atoms with Crippen molar-refractivity contribution >= 4 is 35.3 Å². The number of para-hydroxylation sites is 1. The number of aliphatic hydroxyl groups excluding tert-OH is 1. The highest BCUT2D eigenvalue weighted by Gasteiger charge is 2.53. The van der Waals surface area contributed by atoms with Gasteiger partial charge in [-0.1, -0.05) is 18.2 Å². The quantitative estimate of drug-likeness (QED) is 0.336. The van der Waals surface area contributed by atoms with Crippen LogP contribution in [-0.4, -0.2) is 94.6 Å². The highest BCUT2D eigenvalue weighted by Crippen LogP contribution is 2.33. The summed E-state index contributed by atoms with van der Waals surface area (Å²) in [5.41, 5.74) is 0. The third-order valence-corrected chi connectivity index (χ3v) is 6.50. The van der Waals surface area contributed by atoms with Gasteiger partial charge in [0, 0.05) is 7.11 Å². The number of aliphatic hydroxyl groups is 1. The number of methoxy groups -OCH3 is 1. The normalized spacial score (nSPS) is 25.3. The van der Waals surface area contributed by atoms with E-state index in [0.29, 0.717) is 25.2 Å². The summed E-state index contributed by atoms with van der Waals surface area (Å²) in [5.74, 6) is -2.81. The minimum absolute atomic E-state index is 0.0853. The number of benzene rings is 1. The number of amides is 2. The van der Waals surface area contributed by atoms with Gasteiger partial charge >= 0.3 is 5.97 Å². The van der Waals surface area contributed by atoms with Gasteiger partial charge in [0.2, 0.25) is 6.23 Å². The van der Waals surface area contributed by atoms with Crippen LogP contribution in [0.1, 0.15) is 12.8 Å². The molecule has 0 saturated carbocycles. The van der Waals surface area contributed by atoms with Crippen LogP contribution in [0.15, 0.2) is 30.3 Å². The lowest BCUT2D eigenvalue weighted by atomic mass is 10.1. The van der Waals surface area contributed by atoms with E-state index in [2.05, 4.69) is 5.32 Å². The summed E-state index contributed by atoms with van der Waals surface area (Å²) < 4.78 is 16.0. The minimum Gasteiger partial charge on any atom is -0.484 e. The molecule has 12 heteroatoms. The number of nitrogens with one attached hydrogen (secondary N) is 1. The molecule has 1 aromatic rings. The number of carboxylic acids is 1. The van der Waals surface area contributed by atoms with Gasteiger partial charge in [0.25, 0.3) is 11.8 Å². The lowest BCUT2D eigenvalue weighted by Crippen LogP contribution is -2.73. The summed E-state index contributed by atoms with van der Waals surface area (Å²) >= 11 is 0.960. The Morgan fingerprint density at radius 3 is 2.67 bits per heavy atom. The number of nitrogens with zero attached hydrogens (tertiary/aromatic N) is 1. The summed E-state index contributed by atoms with van der Waals surface area (Å²) in [4.78, 5) is 49.2. The monoisotopic (exact) mass is 482 g/mol. The number of carbonyl (C=O) groups is 4. The van der Waals surface area contributed by atoms with Crippen molar-refractivity contribution in [2.45, 2.75) is 42.7 Å². The number of likely N-dealkylation sites (tertiary alicyclic amines) is 1. The van der Waals surface area contributed by atoms with Gasteiger partial charge in [-0.2, -0.15) is 0 Å². The second-order valence-corrected chi connectivity index (χ2v) is 8.66. The van der Waals surface area contributed by atoms with Crippen LogP contribution in [-0.2, 0) is 28.7 Å². The zero-order valence-electron chi connectivity index (χ0n) is 17.9. The third-order valence-electron chi connectivity index (χ3n) is 5.21. The van der Waals surface area contributed by atoms with E-state index in [-0.39, 0.29) is 24.2 Å². The number of β-lactam (4-membered cyclic amide) rings is 1. The van der Waals surface area contributed by atoms with Crippen LogP contribution in [0.2, 0.25) is 0 Å². The van der Waals surface area contributed by atoms with Gasteiger partial charge in [-0.3, -0.25) is 19.3 Å². The fraction of sp³-hybridized carbons (Fsp3) is 0.524. The molecule has 0 spiro atoms. The summed E-state index contributed by atoms with van der Waals surface area (Å²) in [6, 6.07) is 7.50. The Kier molecular flexibility index (Phi) is 8.67. The molecule has 2 fully saturated rings. The van der Waals surface area contributed by atoms with E-state index in [1.54, 1.807) is 37.4 Å². The van der Waals surface area contributed by atoms with E-state index in [9.17, 15) is 24.3 Å². The van der Waals surface area contributed by atoms with Gasteiger partial charge in [0.1, 0.15) is 23.3 Å². The first-order valence-electron chi connectivity index (χ1n) is 10.3. The fourth-order valence-electron chi connectivity index (χ4n) is 3.57. The lowest BCUT2D eigenvalue weighted by Gasteiger charge is -2.47. The van der Waals surface area contributed by atoms with Crippen molar-refractivity contribution in [1.82, 2.24) is 10.2 Å². The maximum atomic E-state index is 12.5. The van der Waals surface area contributed by atoms with Gasteiger partial charge in [-0.15, -0.1) is 11.8 Å². The summed E-state index contributed by atoms with van der Waals surface area (Å²) in [5, 5.41) is 20.5. The molecule has 11 nitrogen and oxygen atoms in total. The number of hydrogen-bond donors (Lipinski definition) is 3. The standard InChI is InChI=1S/C21H26N2O9S/c1-30-9-13-7-8-15(32-13)14(24)11-33-20-17(18(26)23(20)19(27)21(28)29)22-16(25)10-31-12-5-3-2-4-6-12/h2-6,13,15,17,19-20,27H,7-11H2,1H3,(H,22,25)(H,28,29)/t13?,15?,17-,19?,20-/m1/s1. The topological polar surface area (TPSA) is 152 Å². The first-order valence-corrected chi connectivity index (χ1v) is 11.4. The second kappa shape index (κ2) is 11.5. The summed E-state index contributed by atoms with van der Waals surface area (Å²) in [6.45, 7) is 0.0220. The van der Waals surface area contributed by atoms with Gasteiger partial charge < -0.3 is 29.7 Å². The highest BCUT2D eigenvalue weighted by molar-refractivity contribution is 8.00. The van der Waals surface area contributed by atoms with E-state index >= 15 is 0 Å². The van der Waals surface area contributed by atoms with Gasteiger partial charge in [-0.25, -0.2) is 4.79 Å². The molecule has 0 radical (unpaired) electrons. The highest BCUT2D eigenvalue weighted by atomic mass is 32.2. The van der Waals surface area contributed by atoms with Crippen LogP contribution in [0.4, 0.5) is 0 Å². The van der Waals surface area contributed by atoms with Crippen LogP contribution >= 0.6 is 11.8 Å². The molecule has 0 aromatic heterocycles. The average molecular weight is 483 g/mol. The molecule has 2 aliphatic rings. The molecule has 0 aliphatic carbocycles. The van der Waals surface area contributed by atoms with Crippen molar-refractivity contribution in [3.8, 4) is 5.75 Å². The van der Waals surface area contributed by atoms with E-state index in [1.165, 1.54) is 0 Å². The molecular weight excluding hydrogens is 456 g/mol. The number of aliphatic carboxylic acids is 1. The number of hydrogen-bond acceptors (Lipinski definition) is 9. The Bertz CT molecular complexity index is 869. The predicted molar refractivity (Wildman–Crippen MR) is 115 cm³/mol. The molecule has 0 bridgehead atoms. The second-order valence-electron chi connectivity index (χ2n) is 7.55. The molecule has 2 saturated heterocycles. The van der Waals surface area contributed by atoms with Crippen LogP contribution in [0.5, 0.6) is 5.75 Å². The van der Waals surface area contributed by atoms with E-state index < -0.39 is 41.5 Å². The van der Waals surface area contributed by atoms with E-state index in [1.807, 2.05) is 0 Å². The molecular formula is C21H26N2O9S. The minimum atomic E-state index is -2.09. The van der Waals surface area contributed by atoms with Crippen molar-refractivity contribution in [3.63, 3.8) is 0 Å². The summed E-state index contributed by atoms with van der Waals surface area (Å²) in [7, 11) is 1.55. The number of ether oxygens (including phenoxy) is 3. The Labute approximate surface area is 194 Å². The Morgan fingerprint density at radius 1 is 1.27 bits per heavy atom. The molecule has 180 valence electrons. The van der Waals surface area contributed by atoms with Crippen LogP contribution in [0, 0.1) is 0 Å². The van der Waals surface area contributed by atoms with Crippen molar-refractivity contribution < 1.29 is 43.6 Å².